The molecule has 0 aliphatic carbocycles. The van der Waals surface area contributed by atoms with E-state index in [9.17, 15) is 9.90 Å². The minimum atomic E-state index is -0.902. The SMILES string of the molecule is C[C@@H](O)[C@H]1CCN(c2ccccc2C(=O)O)C1. The van der Waals surface area contributed by atoms with Gasteiger partial charge in [-0.3, -0.25) is 0 Å². The number of rotatable bonds is 3. The maximum absolute atomic E-state index is 11.1. The van der Waals surface area contributed by atoms with Gasteiger partial charge in [-0.1, -0.05) is 12.1 Å². The van der Waals surface area contributed by atoms with Gasteiger partial charge in [-0.15, -0.1) is 0 Å². The van der Waals surface area contributed by atoms with Crippen molar-refractivity contribution in [2.24, 2.45) is 5.92 Å². The number of benzene rings is 1. The lowest BCUT2D eigenvalue weighted by atomic mass is 10.0. The van der Waals surface area contributed by atoms with Gasteiger partial charge < -0.3 is 15.1 Å². The number of hydrogen-bond donors (Lipinski definition) is 2. The summed E-state index contributed by atoms with van der Waals surface area (Å²) in [5, 5.41) is 18.7. The first kappa shape index (κ1) is 11.9. The first-order valence-electron chi connectivity index (χ1n) is 5.85. The molecule has 0 radical (unpaired) electrons. The Hall–Kier alpha value is -1.55. The van der Waals surface area contributed by atoms with Crippen molar-refractivity contribution in [3.05, 3.63) is 29.8 Å². The van der Waals surface area contributed by atoms with Gasteiger partial charge in [0.05, 0.1) is 17.4 Å². The third kappa shape index (κ3) is 2.42. The van der Waals surface area contributed by atoms with Crippen LogP contribution < -0.4 is 4.90 Å². The lowest BCUT2D eigenvalue weighted by Crippen LogP contribution is -2.25. The summed E-state index contributed by atoms with van der Waals surface area (Å²) in [6.45, 7) is 3.32. The highest BCUT2D eigenvalue weighted by molar-refractivity contribution is 5.94. The highest BCUT2D eigenvalue weighted by Crippen LogP contribution is 2.28. The summed E-state index contributed by atoms with van der Waals surface area (Å²) >= 11 is 0. The molecule has 2 N–H and O–H groups in total. The van der Waals surface area contributed by atoms with E-state index >= 15 is 0 Å². The lowest BCUT2D eigenvalue weighted by molar-refractivity contribution is 0.0697. The number of hydrogen-bond acceptors (Lipinski definition) is 3. The second kappa shape index (κ2) is 4.75. The van der Waals surface area contributed by atoms with Gasteiger partial charge in [0, 0.05) is 19.0 Å². The molecule has 4 heteroatoms. The van der Waals surface area contributed by atoms with Crippen molar-refractivity contribution in [3.63, 3.8) is 0 Å². The summed E-state index contributed by atoms with van der Waals surface area (Å²) in [6.07, 6.45) is 0.572. The molecular formula is C13H17NO3. The number of aliphatic hydroxyl groups excluding tert-OH is 1. The van der Waals surface area contributed by atoms with E-state index in [2.05, 4.69) is 0 Å². The van der Waals surface area contributed by atoms with Gasteiger partial charge in [0.1, 0.15) is 0 Å². The number of aromatic carboxylic acids is 1. The Balaban J connectivity index is 2.21. The van der Waals surface area contributed by atoms with Gasteiger partial charge in [-0.25, -0.2) is 4.79 Å². The van der Waals surface area contributed by atoms with E-state index in [-0.39, 0.29) is 12.0 Å². The normalized spacial score (nSPS) is 21.5. The molecule has 1 fully saturated rings. The average molecular weight is 235 g/mol. The van der Waals surface area contributed by atoms with Crippen LogP contribution in [-0.4, -0.2) is 35.4 Å². The van der Waals surface area contributed by atoms with Crippen LogP contribution in [0.15, 0.2) is 24.3 Å². The van der Waals surface area contributed by atoms with Crippen molar-refractivity contribution in [2.75, 3.05) is 18.0 Å². The molecule has 1 aliphatic heterocycles. The van der Waals surface area contributed by atoms with Gasteiger partial charge in [-0.05, 0) is 25.5 Å². The van der Waals surface area contributed by atoms with Crippen LogP contribution in [0.4, 0.5) is 5.69 Å². The number of aliphatic hydroxyl groups is 1. The first-order valence-corrected chi connectivity index (χ1v) is 5.85. The van der Waals surface area contributed by atoms with E-state index in [1.165, 1.54) is 0 Å². The maximum atomic E-state index is 11.1. The van der Waals surface area contributed by atoms with E-state index in [4.69, 9.17) is 5.11 Å². The van der Waals surface area contributed by atoms with Gasteiger partial charge in [-0.2, -0.15) is 0 Å². The largest absolute Gasteiger partial charge is 0.478 e. The van der Waals surface area contributed by atoms with E-state index < -0.39 is 5.97 Å². The molecule has 4 nitrogen and oxygen atoms in total. The minimum absolute atomic E-state index is 0.233. The molecule has 1 aromatic carbocycles. The van der Waals surface area contributed by atoms with Crippen LogP contribution in [0, 0.1) is 5.92 Å². The van der Waals surface area contributed by atoms with Crippen LogP contribution in [0.3, 0.4) is 0 Å². The quantitative estimate of drug-likeness (QED) is 0.835. The van der Waals surface area contributed by atoms with Gasteiger partial charge >= 0.3 is 5.97 Å². The van der Waals surface area contributed by atoms with Crippen molar-refractivity contribution >= 4 is 11.7 Å². The van der Waals surface area contributed by atoms with Crippen LogP contribution in [0.25, 0.3) is 0 Å². The molecule has 0 aromatic heterocycles. The Kier molecular flexibility index (Phi) is 3.33. The Morgan fingerprint density at radius 1 is 1.47 bits per heavy atom. The number of carboxylic acid groups (broad SMARTS) is 1. The molecule has 1 saturated heterocycles. The predicted molar refractivity (Wildman–Crippen MR) is 65.4 cm³/mol. The first-order chi connectivity index (χ1) is 8.09. The highest BCUT2D eigenvalue weighted by Gasteiger charge is 2.28. The summed E-state index contributed by atoms with van der Waals surface area (Å²) < 4.78 is 0. The molecule has 1 aromatic rings. The molecule has 1 aliphatic rings. The van der Waals surface area contributed by atoms with Crippen LogP contribution in [0.1, 0.15) is 23.7 Å². The van der Waals surface area contributed by atoms with E-state index in [1.54, 1.807) is 19.1 Å². The molecule has 0 saturated carbocycles. The van der Waals surface area contributed by atoms with E-state index in [0.29, 0.717) is 5.56 Å². The molecular weight excluding hydrogens is 218 g/mol. The Bertz CT molecular complexity index is 417. The molecule has 92 valence electrons. The predicted octanol–water partition coefficient (Wildman–Crippen LogP) is 1.59. The monoisotopic (exact) mass is 235 g/mol. The van der Waals surface area contributed by atoms with Crippen LogP contribution in [0.2, 0.25) is 0 Å². The fraction of sp³-hybridized carbons (Fsp3) is 0.462. The minimum Gasteiger partial charge on any atom is -0.478 e. The Morgan fingerprint density at radius 2 is 2.18 bits per heavy atom. The van der Waals surface area contributed by atoms with Gasteiger partial charge in [0.25, 0.3) is 0 Å². The van der Waals surface area contributed by atoms with Crippen molar-refractivity contribution in [2.45, 2.75) is 19.4 Å². The Labute approximate surface area is 100 Å². The van der Waals surface area contributed by atoms with Gasteiger partial charge in [0.15, 0.2) is 0 Å². The maximum Gasteiger partial charge on any atom is 0.337 e. The lowest BCUT2D eigenvalue weighted by Gasteiger charge is -2.21. The number of carboxylic acids is 1. The van der Waals surface area contributed by atoms with Crippen LogP contribution >= 0.6 is 0 Å². The smallest absolute Gasteiger partial charge is 0.337 e. The molecule has 0 amide bonds. The zero-order valence-corrected chi connectivity index (χ0v) is 9.84. The summed E-state index contributed by atoms with van der Waals surface area (Å²) in [7, 11) is 0. The zero-order valence-electron chi connectivity index (χ0n) is 9.84. The van der Waals surface area contributed by atoms with Crippen molar-refractivity contribution in [3.8, 4) is 0 Å². The van der Waals surface area contributed by atoms with Crippen molar-refractivity contribution in [1.29, 1.82) is 0 Å². The van der Waals surface area contributed by atoms with Gasteiger partial charge in [0.2, 0.25) is 0 Å². The summed E-state index contributed by atoms with van der Waals surface area (Å²) in [5.41, 5.74) is 1.09. The second-order valence-electron chi connectivity index (χ2n) is 4.56. The summed E-state index contributed by atoms with van der Waals surface area (Å²) in [5.74, 6) is -0.669. The third-order valence-electron chi connectivity index (χ3n) is 3.38. The van der Waals surface area contributed by atoms with Crippen molar-refractivity contribution in [1.82, 2.24) is 0 Å². The fourth-order valence-corrected chi connectivity index (χ4v) is 2.33. The molecule has 0 unspecified atom stereocenters. The van der Waals surface area contributed by atoms with Crippen LogP contribution in [0.5, 0.6) is 0 Å². The average Bonchev–Trinajstić information content (AvgIpc) is 2.78. The Morgan fingerprint density at radius 3 is 2.76 bits per heavy atom. The summed E-state index contributed by atoms with van der Waals surface area (Å²) in [4.78, 5) is 13.2. The standard InChI is InChI=1S/C13H17NO3/c1-9(15)10-6-7-14(8-10)12-5-3-2-4-11(12)13(16)17/h2-5,9-10,15H,6-8H2,1H3,(H,16,17)/t9-,10+/m1/s1. The molecule has 0 bridgehead atoms. The highest BCUT2D eigenvalue weighted by atomic mass is 16.4. The second-order valence-corrected chi connectivity index (χ2v) is 4.56. The topological polar surface area (TPSA) is 60.8 Å². The fourth-order valence-electron chi connectivity index (χ4n) is 2.33. The number of para-hydroxylation sites is 1. The molecule has 17 heavy (non-hydrogen) atoms. The van der Waals surface area contributed by atoms with Crippen LogP contribution in [-0.2, 0) is 0 Å². The zero-order chi connectivity index (χ0) is 12.4. The third-order valence-corrected chi connectivity index (χ3v) is 3.38. The summed E-state index contributed by atoms with van der Waals surface area (Å²) in [6, 6.07) is 7.02. The van der Waals surface area contributed by atoms with E-state index in [1.807, 2.05) is 17.0 Å². The van der Waals surface area contributed by atoms with Crippen molar-refractivity contribution < 1.29 is 15.0 Å². The van der Waals surface area contributed by atoms with E-state index in [0.717, 1.165) is 25.2 Å². The molecule has 0 spiro atoms. The number of anilines is 1. The number of nitrogens with zero attached hydrogens (tertiary/aromatic N) is 1. The number of carbonyl (C=O) groups is 1. The molecule has 1 heterocycles. The molecule has 2 atom stereocenters. The molecule has 2 rings (SSSR count).